The van der Waals surface area contributed by atoms with Crippen molar-refractivity contribution >= 4 is 19.8 Å². The van der Waals surface area contributed by atoms with E-state index in [-0.39, 0.29) is 32.2 Å². The average molecular weight is 821 g/mol. The molecule has 10 nitrogen and oxygen atoms in total. The summed E-state index contributed by atoms with van der Waals surface area (Å²) in [5.41, 5.74) is 0. The molecule has 0 spiro atoms. The van der Waals surface area contributed by atoms with E-state index in [1.807, 2.05) is 57.6 Å². The van der Waals surface area contributed by atoms with Crippen LogP contribution < -0.4 is 0 Å². The highest BCUT2D eigenvalue weighted by molar-refractivity contribution is 7.47. The Morgan fingerprint density at radius 2 is 1.23 bits per heavy atom. The molecular formula is C46H79NO9P+. The summed E-state index contributed by atoms with van der Waals surface area (Å²) in [6.07, 6.45) is 43.9. The predicted octanol–water partition coefficient (Wildman–Crippen LogP) is 11.0. The molecule has 3 atom stereocenters. The van der Waals surface area contributed by atoms with Gasteiger partial charge in [0, 0.05) is 12.8 Å². The monoisotopic (exact) mass is 821 g/mol. The number of hydrogen-bond acceptors (Lipinski definition) is 8. The minimum absolute atomic E-state index is 0.00718. The zero-order valence-electron chi connectivity index (χ0n) is 36.1. The first-order valence-electron chi connectivity index (χ1n) is 21.4. The number of esters is 2. The molecule has 0 aliphatic carbocycles. The maximum absolute atomic E-state index is 12.7. The van der Waals surface area contributed by atoms with Gasteiger partial charge in [0.25, 0.3) is 0 Å². The van der Waals surface area contributed by atoms with Gasteiger partial charge in [-0.25, -0.2) is 4.57 Å². The average Bonchev–Trinajstić information content (AvgIpc) is 3.15. The lowest BCUT2D eigenvalue weighted by molar-refractivity contribution is -0.870. The van der Waals surface area contributed by atoms with Crippen LogP contribution in [0.3, 0.4) is 0 Å². The van der Waals surface area contributed by atoms with E-state index in [0.29, 0.717) is 30.3 Å². The quantitative estimate of drug-likeness (QED) is 0.0157. The van der Waals surface area contributed by atoms with E-state index in [4.69, 9.17) is 18.5 Å². The number of ether oxygens (including phenoxy) is 2. The van der Waals surface area contributed by atoms with E-state index in [0.717, 1.165) is 89.9 Å². The van der Waals surface area contributed by atoms with E-state index < -0.39 is 32.5 Å². The summed E-state index contributed by atoms with van der Waals surface area (Å²) in [6.45, 7) is 4.05. The molecule has 0 saturated carbocycles. The lowest BCUT2D eigenvalue weighted by Gasteiger charge is -2.24. The summed E-state index contributed by atoms with van der Waals surface area (Å²) >= 11 is 0. The summed E-state index contributed by atoms with van der Waals surface area (Å²) in [5.74, 6) is -0.921. The number of phosphoric ester groups is 1. The molecule has 326 valence electrons. The molecule has 2 N–H and O–H groups in total. The normalized spacial score (nSPS) is 15.0. The molecule has 57 heavy (non-hydrogen) atoms. The Bertz CT molecular complexity index is 1260. The third kappa shape index (κ3) is 41.1. The molecule has 0 aliphatic rings. The fourth-order valence-corrected chi connectivity index (χ4v) is 5.87. The zero-order valence-corrected chi connectivity index (χ0v) is 37.0. The lowest BCUT2D eigenvalue weighted by Crippen LogP contribution is -2.37. The Balaban J connectivity index is 4.56. The van der Waals surface area contributed by atoms with Crippen LogP contribution in [0, 0.1) is 0 Å². The number of hydrogen-bond donors (Lipinski definition) is 2. The number of aliphatic hydroxyl groups is 1. The molecule has 1 unspecified atom stereocenters. The highest BCUT2D eigenvalue weighted by Crippen LogP contribution is 2.43. The van der Waals surface area contributed by atoms with E-state index in [2.05, 4.69) is 62.5 Å². The standard InChI is InChI=1S/C46H78NO9P/c1-6-8-10-11-12-13-14-15-16-17-20-24-27-30-34-38-46(50)56-44(42-55-57(51,52)54-40-39-47(3,4)5)41-53-45(49)37-33-29-26-23-21-18-19-22-25-28-32-36-43(48)35-31-9-7-2/h8,10,12-13,15-16,18-19,23,25-26,28,32,36,43-44,48H,6-7,9,11,14,17,20-22,24,27,29-31,33-35,37-42H2,1-5H3/p+1/b10-8-,13-12-,16-15-,19-18-,26-23-,28-25-,36-32+/t43-,44-/m1/s1. The van der Waals surface area contributed by atoms with Crippen molar-refractivity contribution in [3.63, 3.8) is 0 Å². The van der Waals surface area contributed by atoms with Crippen molar-refractivity contribution in [2.45, 2.75) is 148 Å². The Kier molecular flexibility index (Phi) is 35.6. The first kappa shape index (κ1) is 54.2. The third-order valence-electron chi connectivity index (χ3n) is 8.51. The van der Waals surface area contributed by atoms with Gasteiger partial charge in [0.05, 0.1) is 33.9 Å². The van der Waals surface area contributed by atoms with Crippen molar-refractivity contribution in [3.05, 3.63) is 85.1 Å². The number of quaternary nitrogens is 1. The van der Waals surface area contributed by atoms with Crippen molar-refractivity contribution < 1.29 is 47.2 Å². The summed E-state index contributed by atoms with van der Waals surface area (Å²) in [7, 11) is 1.39. The van der Waals surface area contributed by atoms with Gasteiger partial charge in [0.2, 0.25) is 0 Å². The van der Waals surface area contributed by atoms with Crippen LogP contribution in [0.2, 0.25) is 0 Å². The molecule has 0 aromatic carbocycles. The Morgan fingerprint density at radius 1 is 0.649 bits per heavy atom. The van der Waals surface area contributed by atoms with Crippen molar-refractivity contribution in [2.75, 3.05) is 47.5 Å². The molecule has 0 aromatic rings. The van der Waals surface area contributed by atoms with Crippen molar-refractivity contribution in [1.29, 1.82) is 0 Å². The van der Waals surface area contributed by atoms with Gasteiger partial charge in [0.15, 0.2) is 6.10 Å². The van der Waals surface area contributed by atoms with Crippen LogP contribution in [0.15, 0.2) is 85.1 Å². The topological polar surface area (TPSA) is 129 Å². The number of carbonyl (C=O) groups excluding carboxylic acids is 2. The Morgan fingerprint density at radius 3 is 1.88 bits per heavy atom. The smallest absolute Gasteiger partial charge is 0.462 e. The fourth-order valence-electron chi connectivity index (χ4n) is 5.13. The van der Waals surface area contributed by atoms with Crippen molar-refractivity contribution in [1.82, 2.24) is 0 Å². The number of nitrogens with zero attached hydrogens (tertiary/aromatic N) is 1. The maximum atomic E-state index is 12.7. The lowest BCUT2D eigenvalue weighted by atomic mass is 10.1. The molecule has 0 heterocycles. The van der Waals surface area contributed by atoms with E-state index >= 15 is 0 Å². The summed E-state index contributed by atoms with van der Waals surface area (Å²) < 4.78 is 34.2. The molecule has 0 rings (SSSR count). The van der Waals surface area contributed by atoms with Gasteiger partial charge in [-0.15, -0.1) is 0 Å². The molecule has 0 aliphatic heterocycles. The Labute approximate surface area is 346 Å². The molecule has 0 amide bonds. The van der Waals surface area contributed by atoms with E-state index in [1.165, 1.54) is 0 Å². The van der Waals surface area contributed by atoms with Crippen molar-refractivity contribution in [2.24, 2.45) is 0 Å². The highest BCUT2D eigenvalue weighted by atomic mass is 31.2. The second-order valence-electron chi connectivity index (χ2n) is 15.2. The van der Waals surface area contributed by atoms with Crippen LogP contribution in [0.5, 0.6) is 0 Å². The molecule has 0 radical (unpaired) electrons. The summed E-state index contributed by atoms with van der Waals surface area (Å²) in [6, 6.07) is 0. The minimum Gasteiger partial charge on any atom is -0.462 e. The molecule has 0 bridgehead atoms. The van der Waals surface area contributed by atoms with Gasteiger partial charge in [-0.3, -0.25) is 18.6 Å². The maximum Gasteiger partial charge on any atom is 0.472 e. The molecular weight excluding hydrogens is 741 g/mol. The zero-order chi connectivity index (χ0) is 42.3. The number of rotatable bonds is 37. The first-order valence-corrected chi connectivity index (χ1v) is 22.9. The van der Waals surface area contributed by atoms with Crippen LogP contribution >= 0.6 is 7.82 Å². The molecule has 0 aromatic heterocycles. The largest absolute Gasteiger partial charge is 0.472 e. The molecule has 11 heteroatoms. The van der Waals surface area contributed by atoms with Gasteiger partial charge in [-0.1, -0.05) is 137 Å². The molecule has 0 fully saturated rings. The molecule has 0 saturated heterocycles. The van der Waals surface area contributed by atoms with Crippen LogP contribution in [-0.2, 0) is 32.7 Å². The fraction of sp³-hybridized carbons (Fsp3) is 0.652. The Hall–Kier alpha value is -2.85. The summed E-state index contributed by atoms with van der Waals surface area (Å²) in [5, 5.41) is 9.90. The number of carbonyl (C=O) groups is 2. The first-order chi connectivity index (χ1) is 27.4. The number of unbranched alkanes of at least 4 members (excludes halogenated alkanes) is 8. The van der Waals surface area contributed by atoms with Crippen molar-refractivity contribution in [3.8, 4) is 0 Å². The minimum atomic E-state index is -4.41. The number of allylic oxidation sites excluding steroid dienone is 13. The van der Waals surface area contributed by atoms with Gasteiger partial charge in [0.1, 0.15) is 19.8 Å². The summed E-state index contributed by atoms with van der Waals surface area (Å²) in [4.78, 5) is 35.3. The second kappa shape index (κ2) is 37.4. The number of aliphatic hydroxyl groups excluding tert-OH is 1. The van der Waals surface area contributed by atoms with Crippen LogP contribution in [0.1, 0.15) is 136 Å². The van der Waals surface area contributed by atoms with Crippen LogP contribution in [0.4, 0.5) is 0 Å². The van der Waals surface area contributed by atoms with Crippen LogP contribution in [0.25, 0.3) is 0 Å². The highest BCUT2D eigenvalue weighted by Gasteiger charge is 2.27. The predicted molar refractivity (Wildman–Crippen MR) is 235 cm³/mol. The number of phosphoric acid groups is 1. The third-order valence-corrected chi connectivity index (χ3v) is 9.50. The second-order valence-corrected chi connectivity index (χ2v) is 16.6. The van der Waals surface area contributed by atoms with E-state index in [9.17, 15) is 24.2 Å². The van der Waals surface area contributed by atoms with Gasteiger partial charge < -0.3 is 24.0 Å². The SMILES string of the molecule is CC/C=C\C/C=C\C/C=C\CCCCCCCC(=O)O[C@H](COC(=O)CCC/C=C\C/C=C\C/C=C\C=C\[C@H](O)CCCCC)COP(=O)(O)OCC[N+](C)(C)C. The van der Waals surface area contributed by atoms with Gasteiger partial charge in [-0.05, 0) is 70.6 Å². The van der Waals surface area contributed by atoms with Gasteiger partial charge >= 0.3 is 19.8 Å². The number of likely N-dealkylation sites (N-methyl/N-ethyl adjacent to an activating group) is 1. The van der Waals surface area contributed by atoms with Crippen LogP contribution in [-0.4, -0.2) is 86.1 Å². The van der Waals surface area contributed by atoms with E-state index in [1.54, 1.807) is 0 Å². The van der Waals surface area contributed by atoms with Gasteiger partial charge in [-0.2, -0.15) is 0 Å².